The van der Waals surface area contributed by atoms with Crippen molar-refractivity contribution in [3.63, 3.8) is 0 Å². The number of para-hydroxylation sites is 4. The van der Waals surface area contributed by atoms with Crippen molar-refractivity contribution in [1.29, 1.82) is 0 Å². The summed E-state index contributed by atoms with van der Waals surface area (Å²) >= 11 is 1.75. The predicted molar refractivity (Wildman–Crippen MR) is 207 cm³/mol. The van der Waals surface area contributed by atoms with Gasteiger partial charge < -0.3 is 9.13 Å². The van der Waals surface area contributed by atoms with Gasteiger partial charge >= 0.3 is 0 Å². The normalized spacial score (nSPS) is 12.1. The molecule has 0 aliphatic heterocycles. The van der Waals surface area contributed by atoms with Crippen LogP contribution in [0.5, 0.6) is 0 Å². The van der Waals surface area contributed by atoms with Gasteiger partial charge in [0.25, 0.3) is 0 Å². The molecule has 49 heavy (non-hydrogen) atoms. The fourth-order valence-corrected chi connectivity index (χ4v) is 8.79. The van der Waals surface area contributed by atoms with E-state index >= 15 is 0 Å². The Hall–Kier alpha value is -6.30. The number of benzene rings is 7. The molecule has 0 unspecified atom stereocenters. The molecule has 0 saturated carbocycles. The molecule has 0 saturated heterocycles. The summed E-state index contributed by atoms with van der Waals surface area (Å²) in [5.41, 5.74) is 8.91. The SMILES string of the molecule is c1ccc2cc(-n3c4ccccc4c4ccccc43)c(-c3ncc4sc5ccc(-n6c7ccccc7c7ccccc76)cc5c4n3)cc2c1. The van der Waals surface area contributed by atoms with Crippen LogP contribution in [0.25, 0.3) is 97.4 Å². The molecule has 4 aromatic heterocycles. The van der Waals surface area contributed by atoms with Crippen molar-refractivity contribution in [2.24, 2.45) is 0 Å². The average molecular weight is 643 g/mol. The summed E-state index contributed by atoms with van der Waals surface area (Å²) < 4.78 is 7.04. The lowest BCUT2D eigenvalue weighted by atomic mass is 10.0. The van der Waals surface area contributed by atoms with E-state index in [1.165, 1.54) is 42.7 Å². The Morgan fingerprint density at radius 3 is 1.59 bits per heavy atom. The minimum atomic E-state index is 0.720. The topological polar surface area (TPSA) is 35.6 Å². The van der Waals surface area contributed by atoms with Gasteiger partial charge in [-0.3, -0.25) is 0 Å². The molecular formula is C44H26N4S. The number of rotatable bonds is 3. The van der Waals surface area contributed by atoms with Crippen LogP contribution in [0.1, 0.15) is 0 Å². The van der Waals surface area contributed by atoms with Crippen molar-refractivity contribution in [3.05, 3.63) is 158 Å². The first-order chi connectivity index (χ1) is 24.3. The Morgan fingerprint density at radius 1 is 0.449 bits per heavy atom. The third-order valence-electron chi connectivity index (χ3n) is 9.96. The first-order valence-electron chi connectivity index (χ1n) is 16.5. The Bertz CT molecular complexity index is 3020. The van der Waals surface area contributed by atoms with E-state index < -0.39 is 0 Å². The van der Waals surface area contributed by atoms with Crippen molar-refractivity contribution in [3.8, 4) is 22.8 Å². The number of hydrogen-bond donors (Lipinski definition) is 0. The van der Waals surface area contributed by atoms with Gasteiger partial charge in [0.1, 0.15) is 0 Å². The van der Waals surface area contributed by atoms with E-state index in [0.29, 0.717) is 0 Å². The van der Waals surface area contributed by atoms with Gasteiger partial charge in [-0.2, -0.15) is 0 Å². The fraction of sp³-hybridized carbons (Fsp3) is 0. The molecule has 0 spiro atoms. The quantitative estimate of drug-likeness (QED) is 0.192. The van der Waals surface area contributed by atoms with Crippen LogP contribution in [-0.4, -0.2) is 19.1 Å². The highest BCUT2D eigenvalue weighted by Gasteiger charge is 2.20. The number of thiophene rings is 1. The second-order valence-electron chi connectivity index (χ2n) is 12.6. The summed E-state index contributed by atoms with van der Waals surface area (Å²) in [5, 5.41) is 8.46. The molecule has 0 fully saturated rings. The highest BCUT2D eigenvalue weighted by molar-refractivity contribution is 7.25. The van der Waals surface area contributed by atoms with Gasteiger partial charge in [-0.05, 0) is 65.4 Å². The third kappa shape index (κ3) is 3.85. The highest BCUT2D eigenvalue weighted by atomic mass is 32.1. The summed E-state index contributed by atoms with van der Waals surface area (Å²) in [6.45, 7) is 0. The summed E-state index contributed by atoms with van der Waals surface area (Å²) in [7, 11) is 0. The van der Waals surface area contributed by atoms with Gasteiger partial charge in [0, 0.05) is 49.1 Å². The van der Waals surface area contributed by atoms with Crippen LogP contribution in [0.4, 0.5) is 0 Å². The zero-order valence-electron chi connectivity index (χ0n) is 26.2. The maximum absolute atomic E-state index is 5.39. The van der Waals surface area contributed by atoms with Gasteiger partial charge in [0.2, 0.25) is 0 Å². The smallest absolute Gasteiger partial charge is 0.162 e. The molecule has 0 N–H and O–H groups in total. The van der Waals surface area contributed by atoms with Gasteiger partial charge in [0.05, 0.1) is 38.0 Å². The monoisotopic (exact) mass is 642 g/mol. The zero-order valence-corrected chi connectivity index (χ0v) is 27.0. The van der Waals surface area contributed by atoms with Crippen LogP contribution in [0.2, 0.25) is 0 Å². The lowest BCUT2D eigenvalue weighted by Gasteiger charge is -2.15. The molecule has 7 aromatic carbocycles. The van der Waals surface area contributed by atoms with Crippen molar-refractivity contribution >= 4 is 86.0 Å². The number of nitrogens with zero attached hydrogens (tertiary/aromatic N) is 4. The van der Waals surface area contributed by atoms with Crippen LogP contribution in [0, 0.1) is 0 Å². The van der Waals surface area contributed by atoms with Gasteiger partial charge in [0.15, 0.2) is 5.82 Å². The maximum Gasteiger partial charge on any atom is 0.162 e. The average Bonchev–Trinajstić information content (AvgIpc) is 3.81. The fourth-order valence-electron chi connectivity index (χ4n) is 7.79. The lowest BCUT2D eigenvalue weighted by Crippen LogP contribution is -2.00. The molecule has 5 heteroatoms. The first kappa shape index (κ1) is 26.7. The van der Waals surface area contributed by atoms with Crippen LogP contribution in [0.3, 0.4) is 0 Å². The molecule has 4 nitrogen and oxygen atoms in total. The number of aromatic nitrogens is 4. The lowest BCUT2D eigenvalue weighted by molar-refractivity contribution is 1.16. The van der Waals surface area contributed by atoms with Crippen molar-refractivity contribution in [2.45, 2.75) is 0 Å². The Balaban J connectivity index is 1.18. The van der Waals surface area contributed by atoms with Crippen LogP contribution in [0.15, 0.2) is 158 Å². The molecular weight excluding hydrogens is 617 g/mol. The zero-order chi connectivity index (χ0) is 32.1. The molecule has 4 heterocycles. The molecule has 0 radical (unpaired) electrons. The largest absolute Gasteiger partial charge is 0.309 e. The van der Waals surface area contributed by atoms with E-state index in [0.717, 1.165) is 54.8 Å². The first-order valence-corrected chi connectivity index (χ1v) is 17.3. The van der Waals surface area contributed by atoms with Crippen LogP contribution < -0.4 is 0 Å². The van der Waals surface area contributed by atoms with Gasteiger partial charge in [-0.15, -0.1) is 11.3 Å². The summed E-state index contributed by atoms with van der Waals surface area (Å²) in [6.07, 6.45) is 2.01. The van der Waals surface area contributed by atoms with Crippen LogP contribution in [-0.2, 0) is 0 Å². The Labute approximate surface area is 284 Å². The van der Waals surface area contributed by atoms with Gasteiger partial charge in [-0.1, -0.05) is 97.1 Å². The summed E-state index contributed by atoms with van der Waals surface area (Å²) in [4.78, 5) is 10.4. The minimum absolute atomic E-state index is 0.720. The number of hydrogen-bond acceptors (Lipinski definition) is 3. The molecule has 0 aliphatic rings. The van der Waals surface area contributed by atoms with E-state index in [4.69, 9.17) is 9.97 Å². The van der Waals surface area contributed by atoms with Crippen LogP contribution >= 0.6 is 11.3 Å². The maximum atomic E-state index is 5.39. The van der Waals surface area contributed by atoms with E-state index in [-0.39, 0.29) is 0 Å². The molecule has 0 aliphatic carbocycles. The molecule has 228 valence electrons. The molecule has 0 bridgehead atoms. The number of fused-ring (bicyclic) bond motifs is 10. The summed E-state index contributed by atoms with van der Waals surface area (Å²) in [6, 6.07) is 54.5. The third-order valence-corrected chi connectivity index (χ3v) is 11.1. The highest BCUT2D eigenvalue weighted by Crippen LogP contribution is 2.40. The molecule has 11 aromatic rings. The standard InChI is InChI=1S/C44H26N4S/c1-2-12-28-24-40(48-38-19-9-5-15-32(38)33-16-6-10-20-39(33)48)34(23-27(28)11-1)44-45-26-42-43(46-44)35-25-29(21-22-41(35)49-42)47-36-17-7-3-13-30(36)31-14-4-8-18-37(31)47/h1-26H. The minimum Gasteiger partial charge on any atom is -0.309 e. The van der Waals surface area contributed by atoms with Crippen molar-refractivity contribution < 1.29 is 0 Å². The molecule has 0 atom stereocenters. The van der Waals surface area contributed by atoms with E-state index in [1.807, 2.05) is 6.20 Å². The molecule has 0 amide bonds. The Morgan fingerprint density at radius 2 is 0.980 bits per heavy atom. The van der Waals surface area contributed by atoms with Crippen molar-refractivity contribution in [2.75, 3.05) is 0 Å². The second-order valence-corrected chi connectivity index (χ2v) is 13.7. The summed E-state index contributed by atoms with van der Waals surface area (Å²) in [5.74, 6) is 0.720. The Kier molecular flexibility index (Phi) is 5.51. The predicted octanol–water partition coefficient (Wildman–Crippen LogP) is 11.9. The van der Waals surface area contributed by atoms with E-state index in [2.05, 4.69) is 161 Å². The van der Waals surface area contributed by atoms with Crippen molar-refractivity contribution in [1.82, 2.24) is 19.1 Å². The van der Waals surface area contributed by atoms with Gasteiger partial charge in [-0.25, -0.2) is 9.97 Å². The van der Waals surface area contributed by atoms with E-state index in [9.17, 15) is 0 Å². The molecule has 11 rings (SSSR count). The van der Waals surface area contributed by atoms with E-state index in [1.54, 1.807) is 11.3 Å². The second kappa shape index (κ2) is 10.1.